The Morgan fingerprint density at radius 3 is 2.86 bits per heavy atom. The first-order chi connectivity index (χ1) is 6.65. The fourth-order valence-corrected chi connectivity index (χ4v) is 2.04. The van der Waals surface area contributed by atoms with Crippen molar-refractivity contribution in [2.24, 2.45) is 0 Å². The second kappa shape index (κ2) is 5.00. The Balaban J connectivity index is 2.52. The summed E-state index contributed by atoms with van der Waals surface area (Å²) in [7, 11) is 1.75. The Hall–Kier alpha value is -1.03. The maximum Gasteiger partial charge on any atom is 0.409 e. The SMILES string of the molecule is CCOC(=O)N(C)Cc1sccc1C. The Morgan fingerprint density at radius 2 is 2.36 bits per heavy atom. The Labute approximate surface area is 88.3 Å². The van der Waals surface area contributed by atoms with Crippen molar-refractivity contribution >= 4 is 17.4 Å². The second-order valence-corrected chi connectivity index (χ2v) is 4.08. The van der Waals surface area contributed by atoms with E-state index in [0.29, 0.717) is 13.2 Å². The monoisotopic (exact) mass is 213 g/mol. The molecule has 0 aliphatic carbocycles. The summed E-state index contributed by atoms with van der Waals surface area (Å²) in [6, 6.07) is 2.05. The fraction of sp³-hybridized carbons (Fsp3) is 0.500. The number of ether oxygens (including phenoxy) is 1. The average molecular weight is 213 g/mol. The number of carbonyl (C=O) groups is 1. The van der Waals surface area contributed by atoms with Crippen molar-refractivity contribution in [1.82, 2.24) is 4.90 Å². The van der Waals surface area contributed by atoms with Gasteiger partial charge in [0.15, 0.2) is 0 Å². The van der Waals surface area contributed by atoms with Crippen LogP contribution in [0.4, 0.5) is 4.79 Å². The van der Waals surface area contributed by atoms with Crippen LogP contribution in [0, 0.1) is 6.92 Å². The van der Waals surface area contributed by atoms with E-state index in [1.807, 2.05) is 19.2 Å². The molecule has 0 aliphatic heterocycles. The molecule has 0 unspecified atom stereocenters. The summed E-state index contributed by atoms with van der Waals surface area (Å²) in [6.07, 6.45) is -0.264. The molecule has 0 spiro atoms. The van der Waals surface area contributed by atoms with Crippen molar-refractivity contribution in [3.05, 3.63) is 21.9 Å². The average Bonchev–Trinajstić information content (AvgIpc) is 2.52. The molecule has 14 heavy (non-hydrogen) atoms. The van der Waals surface area contributed by atoms with Gasteiger partial charge in [0.25, 0.3) is 0 Å². The minimum atomic E-state index is -0.264. The van der Waals surface area contributed by atoms with Crippen molar-refractivity contribution in [2.75, 3.05) is 13.7 Å². The number of hydrogen-bond donors (Lipinski definition) is 0. The predicted molar refractivity (Wildman–Crippen MR) is 57.5 cm³/mol. The molecule has 0 atom stereocenters. The molecular formula is C10H15NO2S. The third-order valence-electron chi connectivity index (χ3n) is 1.93. The molecule has 0 radical (unpaired) electrons. The third kappa shape index (κ3) is 2.73. The zero-order valence-corrected chi connectivity index (χ0v) is 9.56. The van der Waals surface area contributed by atoms with E-state index in [1.165, 1.54) is 10.4 Å². The molecule has 0 aliphatic rings. The standard InChI is InChI=1S/C10H15NO2S/c1-4-13-10(12)11(3)7-9-8(2)5-6-14-9/h5-6H,4,7H2,1-3H3. The van der Waals surface area contributed by atoms with Crippen LogP contribution >= 0.6 is 11.3 Å². The zero-order chi connectivity index (χ0) is 10.6. The molecule has 78 valence electrons. The molecule has 0 aromatic carbocycles. The van der Waals surface area contributed by atoms with Gasteiger partial charge < -0.3 is 9.64 Å². The first kappa shape index (κ1) is 11.0. The van der Waals surface area contributed by atoms with Gasteiger partial charge >= 0.3 is 6.09 Å². The molecule has 1 rings (SSSR count). The van der Waals surface area contributed by atoms with E-state index in [0.717, 1.165) is 0 Å². The van der Waals surface area contributed by atoms with E-state index in [9.17, 15) is 4.79 Å². The lowest BCUT2D eigenvalue weighted by atomic mass is 10.3. The molecule has 1 aromatic rings. The molecule has 0 N–H and O–H groups in total. The van der Waals surface area contributed by atoms with E-state index in [2.05, 4.69) is 6.07 Å². The third-order valence-corrected chi connectivity index (χ3v) is 2.94. The topological polar surface area (TPSA) is 29.5 Å². The van der Waals surface area contributed by atoms with Crippen LogP contribution in [-0.4, -0.2) is 24.6 Å². The zero-order valence-electron chi connectivity index (χ0n) is 8.74. The maximum absolute atomic E-state index is 11.3. The van der Waals surface area contributed by atoms with Crippen molar-refractivity contribution in [1.29, 1.82) is 0 Å². The lowest BCUT2D eigenvalue weighted by Crippen LogP contribution is -2.26. The smallest absolute Gasteiger partial charge is 0.409 e. The van der Waals surface area contributed by atoms with Gasteiger partial charge in [0.1, 0.15) is 0 Å². The molecule has 1 amide bonds. The summed E-state index contributed by atoms with van der Waals surface area (Å²) in [5.41, 5.74) is 1.23. The van der Waals surface area contributed by atoms with Gasteiger partial charge in [0.2, 0.25) is 0 Å². The fourth-order valence-electron chi connectivity index (χ4n) is 1.08. The summed E-state index contributed by atoms with van der Waals surface area (Å²) < 4.78 is 4.88. The van der Waals surface area contributed by atoms with Crippen LogP contribution < -0.4 is 0 Å². The molecule has 0 saturated carbocycles. The van der Waals surface area contributed by atoms with Gasteiger partial charge in [-0.05, 0) is 30.9 Å². The van der Waals surface area contributed by atoms with Crippen molar-refractivity contribution in [3.63, 3.8) is 0 Å². The van der Waals surface area contributed by atoms with Crippen LogP contribution in [-0.2, 0) is 11.3 Å². The highest BCUT2D eigenvalue weighted by Gasteiger charge is 2.11. The van der Waals surface area contributed by atoms with Gasteiger partial charge in [-0.15, -0.1) is 11.3 Å². The number of nitrogens with zero attached hydrogens (tertiary/aromatic N) is 1. The van der Waals surface area contributed by atoms with Gasteiger partial charge in [-0.2, -0.15) is 0 Å². The van der Waals surface area contributed by atoms with Gasteiger partial charge in [0.05, 0.1) is 13.2 Å². The van der Waals surface area contributed by atoms with E-state index in [1.54, 1.807) is 23.3 Å². The first-order valence-corrected chi connectivity index (χ1v) is 5.44. The first-order valence-electron chi connectivity index (χ1n) is 4.56. The highest BCUT2D eigenvalue weighted by Crippen LogP contribution is 2.17. The second-order valence-electron chi connectivity index (χ2n) is 3.08. The molecular weight excluding hydrogens is 198 g/mol. The van der Waals surface area contributed by atoms with E-state index < -0.39 is 0 Å². The Kier molecular flexibility index (Phi) is 3.95. The van der Waals surface area contributed by atoms with Crippen LogP contribution in [0.2, 0.25) is 0 Å². The summed E-state index contributed by atoms with van der Waals surface area (Å²) in [5, 5.41) is 2.03. The number of hydrogen-bond acceptors (Lipinski definition) is 3. The Bertz CT molecular complexity index is 309. The highest BCUT2D eigenvalue weighted by atomic mass is 32.1. The minimum absolute atomic E-state index is 0.264. The molecule has 1 heterocycles. The molecule has 0 saturated heterocycles. The molecule has 4 heteroatoms. The minimum Gasteiger partial charge on any atom is -0.450 e. The molecule has 3 nitrogen and oxygen atoms in total. The number of carbonyl (C=O) groups excluding carboxylic acids is 1. The van der Waals surface area contributed by atoms with Crippen LogP contribution in [0.25, 0.3) is 0 Å². The molecule has 0 bridgehead atoms. The van der Waals surface area contributed by atoms with Crippen molar-refractivity contribution < 1.29 is 9.53 Å². The maximum atomic E-state index is 11.3. The number of rotatable bonds is 3. The number of thiophene rings is 1. The lowest BCUT2D eigenvalue weighted by molar-refractivity contribution is 0.114. The van der Waals surface area contributed by atoms with Crippen LogP contribution in [0.5, 0.6) is 0 Å². The predicted octanol–water partition coefficient (Wildman–Crippen LogP) is 2.64. The summed E-state index contributed by atoms with van der Waals surface area (Å²) in [5.74, 6) is 0. The quantitative estimate of drug-likeness (QED) is 0.772. The van der Waals surface area contributed by atoms with Crippen molar-refractivity contribution in [3.8, 4) is 0 Å². The normalized spacial score (nSPS) is 9.93. The van der Waals surface area contributed by atoms with Crippen molar-refractivity contribution in [2.45, 2.75) is 20.4 Å². The van der Waals surface area contributed by atoms with Crippen LogP contribution in [0.3, 0.4) is 0 Å². The largest absolute Gasteiger partial charge is 0.450 e. The van der Waals surface area contributed by atoms with E-state index >= 15 is 0 Å². The van der Waals surface area contributed by atoms with Gasteiger partial charge in [-0.3, -0.25) is 0 Å². The summed E-state index contributed by atoms with van der Waals surface area (Å²) in [4.78, 5) is 14.1. The number of amides is 1. The molecule has 0 fully saturated rings. The van der Waals surface area contributed by atoms with E-state index in [-0.39, 0.29) is 6.09 Å². The lowest BCUT2D eigenvalue weighted by Gasteiger charge is -2.15. The number of aryl methyl sites for hydroxylation is 1. The van der Waals surface area contributed by atoms with E-state index in [4.69, 9.17) is 4.74 Å². The van der Waals surface area contributed by atoms with Gasteiger partial charge in [0, 0.05) is 11.9 Å². The highest BCUT2D eigenvalue weighted by molar-refractivity contribution is 7.10. The van der Waals surface area contributed by atoms with Crippen LogP contribution in [0.15, 0.2) is 11.4 Å². The summed E-state index contributed by atoms with van der Waals surface area (Å²) in [6.45, 7) is 4.90. The van der Waals surface area contributed by atoms with Crippen LogP contribution in [0.1, 0.15) is 17.4 Å². The van der Waals surface area contributed by atoms with Gasteiger partial charge in [-0.25, -0.2) is 4.79 Å². The van der Waals surface area contributed by atoms with Gasteiger partial charge in [-0.1, -0.05) is 0 Å². The summed E-state index contributed by atoms with van der Waals surface area (Å²) >= 11 is 1.66. The Morgan fingerprint density at radius 1 is 1.64 bits per heavy atom. The molecule has 1 aromatic heterocycles.